The Morgan fingerprint density at radius 1 is 1.04 bits per heavy atom. The Bertz CT molecular complexity index is 999. The summed E-state index contributed by atoms with van der Waals surface area (Å²) in [5.41, 5.74) is 7.27. The smallest absolute Gasteiger partial charge is 0.0458 e. The van der Waals surface area contributed by atoms with Gasteiger partial charge in [0.2, 0.25) is 0 Å². The third-order valence-electron chi connectivity index (χ3n) is 6.50. The van der Waals surface area contributed by atoms with Crippen LogP contribution in [0.25, 0.3) is 16.5 Å². The number of aromatic nitrogens is 1. The van der Waals surface area contributed by atoms with Gasteiger partial charge >= 0.3 is 0 Å². The number of hydrogen-bond donors (Lipinski definition) is 2. The Morgan fingerprint density at radius 2 is 1.89 bits per heavy atom. The van der Waals surface area contributed by atoms with Gasteiger partial charge < -0.3 is 10.3 Å². The van der Waals surface area contributed by atoms with Crippen molar-refractivity contribution in [3.05, 3.63) is 71.4 Å². The maximum absolute atomic E-state index is 3.76. The van der Waals surface area contributed by atoms with Gasteiger partial charge in [-0.25, -0.2) is 0 Å². The lowest BCUT2D eigenvalue weighted by atomic mass is 9.80. The van der Waals surface area contributed by atoms with E-state index in [1.807, 2.05) is 11.8 Å². The summed E-state index contributed by atoms with van der Waals surface area (Å²) in [4.78, 5) is 4.99. The van der Waals surface area contributed by atoms with Gasteiger partial charge in [-0.2, -0.15) is 0 Å². The third-order valence-corrected chi connectivity index (χ3v) is 7.24. The van der Waals surface area contributed by atoms with Gasteiger partial charge in [0.05, 0.1) is 0 Å². The first-order valence-corrected chi connectivity index (χ1v) is 11.7. The minimum Gasteiger partial charge on any atom is -0.358 e. The average Bonchev–Trinajstić information content (AvgIpc) is 3.12. The van der Waals surface area contributed by atoms with E-state index in [9.17, 15) is 0 Å². The van der Waals surface area contributed by atoms with Crippen LogP contribution in [0, 0.1) is 5.92 Å². The molecule has 0 bridgehead atoms. The van der Waals surface area contributed by atoms with Crippen LogP contribution in [-0.2, 0) is 12.8 Å². The fourth-order valence-electron chi connectivity index (χ4n) is 5.02. The molecule has 2 heterocycles. The highest BCUT2D eigenvalue weighted by Crippen LogP contribution is 2.35. The quantitative estimate of drug-likeness (QED) is 0.550. The number of benzene rings is 2. The Morgan fingerprint density at radius 3 is 2.75 bits per heavy atom. The van der Waals surface area contributed by atoms with E-state index in [1.165, 1.54) is 58.3 Å². The first-order valence-electron chi connectivity index (χ1n) is 10.5. The molecule has 2 aliphatic rings. The van der Waals surface area contributed by atoms with Crippen LogP contribution in [0.15, 0.2) is 59.5 Å². The highest BCUT2D eigenvalue weighted by molar-refractivity contribution is 7.98. The van der Waals surface area contributed by atoms with Gasteiger partial charge in [0.25, 0.3) is 0 Å². The van der Waals surface area contributed by atoms with Crippen LogP contribution in [0.5, 0.6) is 0 Å². The molecule has 0 saturated heterocycles. The second kappa shape index (κ2) is 7.81. The molecule has 144 valence electrons. The van der Waals surface area contributed by atoms with Crippen LogP contribution in [0.4, 0.5) is 0 Å². The number of hydrogen-bond acceptors (Lipinski definition) is 2. The van der Waals surface area contributed by atoms with Gasteiger partial charge in [0, 0.05) is 34.1 Å². The fourth-order valence-corrected chi connectivity index (χ4v) is 5.43. The van der Waals surface area contributed by atoms with E-state index in [0.29, 0.717) is 6.04 Å². The standard InChI is InChI=1S/C25H28N2S/c1-28-21-9-7-18(8-10-21)19-12-13-26-20(16-19)14-17-6-11-25-23(15-17)22-4-2-3-5-24(22)27-25/h2-5,7-10,12,17,20,26-27H,6,11,13-16H2,1H3. The summed E-state index contributed by atoms with van der Waals surface area (Å²) in [6.07, 6.45) is 10.7. The second-order valence-electron chi connectivity index (χ2n) is 8.24. The second-order valence-corrected chi connectivity index (χ2v) is 9.12. The molecule has 0 amide bonds. The van der Waals surface area contributed by atoms with Crippen LogP contribution in [-0.4, -0.2) is 23.8 Å². The van der Waals surface area contributed by atoms with Crippen LogP contribution in [0.3, 0.4) is 0 Å². The molecule has 0 spiro atoms. The molecule has 3 heteroatoms. The molecule has 1 aliphatic carbocycles. The van der Waals surface area contributed by atoms with Gasteiger partial charge in [-0.3, -0.25) is 0 Å². The molecule has 28 heavy (non-hydrogen) atoms. The topological polar surface area (TPSA) is 27.8 Å². The monoisotopic (exact) mass is 388 g/mol. The third kappa shape index (κ3) is 3.54. The predicted molar refractivity (Wildman–Crippen MR) is 121 cm³/mol. The minimum absolute atomic E-state index is 0.594. The van der Waals surface area contributed by atoms with E-state index < -0.39 is 0 Å². The number of para-hydroxylation sites is 1. The molecular formula is C25H28N2S. The summed E-state index contributed by atoms with van der Waals surface area (Å²) in [5.74, 6) is 0.780. The zero-order chi connectivity index (χ0) is 18.9. The van der Waals surface area contributed by atoms with Crippen molar-refractivity contribution in [2.45, 2.75) is 43.0 Å². The molecule has 3 aromatic rings. The van der Waals surface area contributed by atoms with E-state index in [1.54, 1.807) is 5.56 Å². The van der Waals surface area contributed by atoms with Gasteiger partial charge in [0.1, 0.15) is 0 Å². The summed E-state index contributed by atoms with van der Waals surface area (Å²) in [6.45, 7) is 0.995. The maximum Gasteiger partial charge on any atom is 0.0458 e. The first kappa shape index (κ1) is 18.1. The SMILES string of the molecule is CSc1ccc(C2=CCNC(CC3CCc4[nH]c5ccccc5c4C3)C2)cc1. The summed E-state index contributed by atoms with van der Waals surface area (Å²) in [5, 5.41) is 5.19. The number of fused-ring (bicyclic) bond motifs is 3. The van der Waals surface area contributed by atoms with Crippen molar-refractivity contribution < 1.29 is 0 Å². The molecular weight excluding hydrogens is 360 g/mol. The van der Waals surface area contributed by atoms with E-state index in [-0.39, 0.29) is 0 Å². The molecule has 1 aromatic heterocycles. The number of rotatable bonds is 4. The molecule has 2 nitrogen and oxygen atoms in total. The lowest BCUT2D eigenvalue weighted by Gasteiger charge is -2.30. The zero-order valence-corrected chi connectivity index (χ0v) is 17.3. The Hall–Kier alpha value is -1.97. The molecule has 0 saturated carbocycles. The summed E-state index contributed by atoms with van der Waals surface area (Å²) >= 11 is 1.81. The molecule has 2 N–H and O–H groups in total. The van der Waals surface area contributed by atoms with Crippen molar-refractivity contribution in [2.24, 2.45) is 5.92 Å². The van der Waals surface area contributed by atoms with E-state index >= 15 is 0 Å². The molecule has 2 atom stereocenters. The van der Waals surface area contributed by atoms with Crippen molar-refractivity contribution in [2.75, 3.05) is 12.8 Å². The van der Waals surface area contributed by atoms with E-state index in [0.717, 1.165) is 18.9 Å². The minimum atomic E-state index is 0.594. The van der Waals surface area contributed by atoms with Crippen LogP contribution < -0.4 is 5.32 Å². The van der Waals surface area contributed by atoms with Crippen LogP contribution in [0.2, 0.25) is 0 Å². The highest BCUT2D eigenvalue weighted by atomic mass is 32.2. The maximum atomic E-state index is 3.76. The lowest BCUT2D eigenvalue weighted by Crippen LogP contribution is -2.35. The lowest BCUT2D eigenvalue weighted by molar-refractivity contribution is 0.356. The Labute approximate surface area is 171 Å². The summed E-state index contributed by atoms with van der Waals surface area (Å²) in [7, 11) is 0. The van der Waals surface area contributed by atoms with E-state index in [4.69, 9.17) is 0 Å². The summed E-state index contributed by atoms with van der Waals surface area (Å²) < 4.78 is 0. The fraction of sp³-hybridized carbons (Fsp3) is 0.360. The Kier molecular flexibility index (Phi) is 5.04. The van der Waals surface area contributed by atoms with E-state index in [2.05, 4.69) is 71.2 Å². The number of aryl methyl sites for hydroxylation is 1. The van der Waals surface area contributed by atoms with Crippen molar-refractivity contribution in [3.8, 4) is 0 Å². The molecule has 2 aromatic carbocycles. The Balaban J connectivity index is 1.27. The highest BCUT2D eigenvalue weighted by Gasteiger charge is 2.26. The van der Waals surface area contributed by atoms with Crippen molar-refractivity contribution in [1.82, 2.24) is 10.3 Å². The van der Waals surface area contributed by atoms with Crippen molar-refractivity contribution in [1.29, 1.82) is 0 Å². The van der Waals surface area contributed by atoms with Gasteiger partial charge in [-0.15, -0.1) is 11.8 Å². The predicted octanol–water partition coefficient (Wildman–Crippen LogP) is 5.83. The summed E-state index contributed by atoms with van der Waals surface area (Å²) in [6, 6.07) is 18.5. The van der Waals surface area contributed by atoms with Gasteiger partial charge in [0.15, 0.2) is 0 Å². The molecule has 2 unspecified atom stereocenters. The first-order chi connectivity index (χ1) is 13.8. The number of thioether (sulfide) groups is 1. The van der Waals surface area contributed by atoms with Gasteiger partial charge in [-0.05, 0) is 79.2 Å². The van der Waals surface area contributed by atoms with Gasteiger partial charge in [-0.1, -0.05) is 36.4 Å². The number of nitrogens with one attached hydrogen (secondary N) is 2. The largest absolute Gasteiger partial charge is 0.358 e. The zero-order valence-electron chi connectivity index (χ0n) is 16.5. The van der Waals surface area contributed by atoms with Crippen LogP contribution >= 0.6 is 11.8 Å². The average molecular weight is 389 g/mol. The number of H-pyrrole nitrogens is 1. The van der Waals surface area contributed by atoms with Crippen LogP contribution in [0.1, 0.15) is 36.1 Å². The normalized spacial score (nSPS) is 22.1. The molecule has 1 aliphatic heterocycles. The number of aromatic amines is 1. The van der Waals surface area contributed by atoms with Crippen molar-refractivity contribution in [3.63, 3.8) is 0 Å². The van der Waals surface area contributed by atoms with Crippen molar-refractivity contribution >= 4 is 28.2 Å². The molecule has 5 rings (SSSR count). The molecule has 0 fully saturated rings. The molecule has 0 radical (unpaired) electrons.